The third-order valence-corrected chi connectivity index (χ3v) is 17.3. The smallest absolute Gasteiger partial charge is 0.312 e. The number of aromatic nitrogens is 6. The number of alkyl halides is 1. The van der Waals surface area contributed by atoms with Crippen LogP contribution in [-0.2, 0) is 59.2 Å². The van der Waals surface area contributed by atoms with Gasteiger partial charge in [-0.1, -0.05) is 36.4 Å². The largest absolute Gasteiger partial charge is 0.448 e. The summed E-state index contributed by atoms with van der Waals surface area (Å²) >= 11 is 1.83. The summed E-state index contributed by atoms with van der Waals surface area (Å²) in [5.74, 6) is -2.81. The number of hydrogen-bond acceptors (Lipinski definition) is 19. The lowest BCUT2D eigenvalue weighted by atomic mass is 9.77. The molecule has 418 valence electrons. The third-order valence-electron chi connectivity index (χ3n) is 15.8. The predicted octanol–water partition coefficient (Wildman–Crippen LogP) is 3.18. The first kappa shape index (κ1) is 60.4. The molecule has 0 bridgehead atoms. The number of ether oxygens (including phenoxy) is 6. The summed E-state index contributed by atoms with van der Waals surface area (Å²) in [5, 5.41) is 85.5. The Morgan fingerprint density at radius 3 is 2.24 bits per heavy atom. The third kappa shape index (κ3) is 14.6. The second-order valence-electron chi connectivity index (χ2n) is 22.3. The average Bonchev–Trinajstić information content (AvgIpc) is 4.04. The number of benzene rings is 1. The molecule has 3 fully saturated rings. The summed E-state index contributed by atoms with van der Waals surface area (Å²) in [6, 6.07) is 7.14. The van der Waals surface area contributed by atoms with Gasteiger partial charge in [-0.2, -0.15) is 0 Å². The van der Waals surface area contributed by atoms with Crippen LogP contribution in [0.25, 0.3) is 5.69 Å². The van der Waals surface area contributed by atoms with Gasteiger partial charge in [0.2, 0.25) is 0 Å². The Morgan fingerprint density at radius 2 is 1.58 bits per heavy atom. The van der Waals surface area contributed by atoms with E-state index in [4.69, 9.17) is 28.4 Å². The predicted molar refractivity (Wildman–Crippen MR) is 281 cm³/mol. The monoisotopic (exact) mass is 1160 g/mol. The molecule has 0 aliphatic carbocycles. The molecule has 21 nitrogen and oxygen atoms in total. The van der Waals surface area contributed by atoms with Crippen LogP contribution >= 0.6 is 22.6 Å². The summed E-state index contributed by atoms with van der Waals surface area (Å²) in [5.41, 5.74) is -1.12. The first-order valence-corrected chi connectivity index (χ1v) is 27.4. The molecule has 2 aromatic heterocycles. The molecule has 6 N–H and O–H groups in total. The van der Waals surface area contributed by atoms with Crippen LogP contribution in [0.3, 0.4) is 0 Å². The molecular formula is C52H85IN8O13. The van der Waals surface area contributed by atoms with Crippen LogP contribution in [0.5, 0.6) is 0 Å². The lowest BCUT2D eigenvalue weighted by molar-refractivity contribution is -0.318. The highest BCUT2D eigenvalue weighted by Crippen LogP contribution is 2.40. The number of unbranched alkanes of at least 4 members (excludes halogenated alkanes) is 1. The molecule has 6 rings (SSSR count). The van der Waals surface area contributed by atoms with Crippen LogP contribution in [0, 0.1) is 17.8 Å². The van der Waals surface area contributed by atoms with Gasteiger partial charge in [0.1, 0.15) is 29.6 Å². The van der Waals surface area contributed by atoms with E-state index in [1.807, 2.05) is 85.4 Å². The van der Waals surface area contributed by atoms with Gasteiger partial charge in [0, 0.05) is 63.8 Å². The fourth-order valence-electron chi connectivity index (χ4n) is 11.0. The van der Waals surface area contributed by atoms with Crippen molar-refractivity contribution in [2.45, 2.75) is 209 Å². The van der Waals surface area contributed by atoms with Crippen molar-refractivity contribution in [1.82, 2.24) is 39.8 Å². The van der Waals surface area contributed by atoms with Crippen LogP contribution in [0.2, 0.25) is 0 Å². The molecule has 3 aromatic rings. The van der Waals surface area contributed by atoms with Gasteiger partial charge in [0.15, 0.2) is 16.7 Å². The molecule has 0 spiro atoms. The minimum Gasteiger partial charge on any atom is -0.448 e. The lowest BCUT2D eigenvalue weighted by Gasteiger charge is -2.49. The number of carbonyl (C=O) groups is 1. The standard InChI is InChI=1S/C52H85IN8O13/c1-30-24-50(7,67)46(32(3)43(72-41-25-51(8,69-12)45(65)35(6)71-41)33(4)47(66)74-49(53)52(9,68)44(64)34(5)59(11)26-30)73-48-42(63)40(23-31(2)70-48)58(10)22-20-37-27-60(56-54-37)21-14-13-15-36-16-18-39(19-17-36)61-28-38(29-62)55-57-61/h16-19,27-28,30-35,40-46,48-49,62-65,67-68H,13-15,20-26,29H2,1-12H3/t30-,31-,32+,33-,34-,35+,40+,41+,42-,43+,44-,45+,46-,48+,49+,50-,51-,52+/m1/s1. The molecule has 0 radical (unpaired) electrons. The van der Waals surface area contributed by atoms with E-state index < -0.39 is 100 Å². The highest BCUT2D eigenvalue weighted by Gasteiger charge is 2.53. The van der Waals surface area contributed by atoms with Crippen LogP contribution in [-0.4, -0.2) is 199 Å². The molecule has 22 heteroatoms. The number of esters is 1. The zero-order chi connectivity index (χ0) is 54.4. The molecule has 3 aliphatic rings. The molecule has 5 heterocycles. The Balaban J connectivity index is 1.16. The number of hydrogen-bond donors (Lipinski definition) is 6. The zero-order valence-electron chi connectivity index (χ0n) is 45.4. The number of halogens is 1. The van der Waals surface area contributed by atoms with Crippen molar-refractivity contribution in [2.75, 3.05) is 34.3 Å². The summed E-state index contributed by atoms with van der Waals surface area (Å²) < 4.78 is 40.4. The van der Waals surface area contributed by atoms with E-state index >= 15 is 0 Å². The normalized spacial score (nSPS) is 38.4. The maximum absolute atomic E-state index is 14.3. The van der Waals surface area contributed by atoms with Crippen LogP contribution in [0.15, 0.2) is 36.7 Å². The van der Waals surface area contributed by atoms with Crippen molar-refractivity contribution >= 4 is 28.6 Å². The van der Waals surface area contributed by atoms with Crippen LogP contribution in [0.1, 0.15) is 111 Å². The van der Waals surface area contributed by atoms with E-state index in [1.165, 1.54) is 19.6 Å². The Hall–Kier alpha value is -2.82. The minimum atomic E-state index is -1.86. The zero-order valence-corrected chi connectivity index (χ0v) is 47.6. The van der Waals surface area contributed by atoms with Crippen molar-refractivity contribution in [3.63, 3.8) is 0 Å². The second-order valence-corrected chi connectivity index (χ2v) is 23.4. The summed E-state index contributed by atoms with van der Waals surface area (Å²) in [7, 11) is 5.28. The topological polar surface area (TPSA) is 262 Å². The van der Waals surface area contributed by atoms with Gasteiger partial charge in [0.25, 0.3) is 0 Å². The van der Waals surface area contributed by atoms with E-state index in [-0.39, 0.29) is 31.5 Å². The lowest BCUT2D eigenvalue weighted by Crippen LogP contribution is -2.60. The molecule has 0 unspecified atom stereocenters. The Kier molecular flexibility index (Phi) is 21.0. The fraction of sp³-hybridized carbons (Fsp3) is 0.788. The maximum Gasteiger partial charge on any atom is 0.312 e. The van der Waals surface area contributed by atoms with Crippen molar-refractivity contribution < 1.29 is 63.9 Å². The maximum atomic E-state index is 14.3. The molecule has 0 saturated carbocycles. The van der Waals surface area contributed by atoms with Gasteiger partial charge in [-0.15, -0.1) is 10.2 Å². The fourth-order valence-corrected chi connectivity index (χ4v) is 11.6. The molecule has 3 aliphatic heterocycles. The van der Waals surface area contributed by atoms with E-state index in [9.17, 15) is 35.4 Å². The number of methoxy groups -OCH3 is 1. The van der Waals surface area contributed by atoms with Crippen molar-refractivity contribution in [1.29, 1.82) is 0 Å². The summed E-state index contributed by atoms with van der Waals surface area (Å²) in [6.45, 7) is 17.3. The van der Waals surface area contributed by atoms with Crippen molar-refractivity contribution in [2.24, 2.45) is 17.8 Å². The number of carbonyl (C=O) groups excluding carboxylic acids is 1. The Bertz CT molecular complexity index is 2220. The molecular weight excluding hydrogens is 1070 g/mol. The highest BCUT2D eigenvalue weighted by molar-refractivity contribution is 14.1. The van der Waals surface area contributed by atoms with Crippen LogP contribution < -0.4 is 0 Å². The number of likely N-dealkylation sites (N-methyl/N-ethyl adjacent to an activating group) is 2. The van der Waals surface area contributed by atoms with E-state index in [0.29, 0.717) is 31.6 Å². The van der Waals surface area contributed by atoms with Gasteiger partial charge in [-0.05, 0) is 141 Å². The van der Waals surface area contributed by atoms with Crippen molar-refractivity contribution in [3.8, 4) is 5.69 Å². The van der Waals surface area contributed by atoms with E-state index in [1.54, 1.807) is 45.5 Å². The minimum absolute atomic E-state index is 0.100. The first-order valence-electron chi connectivity index (χ1n) is 26.2. The quantitative estimate of drug-likeness (QED) is 0.0521. The van der Waals surface area contributed by atoms with Crippen LogP contribution in [0.4, 0.5) is 0 Å². The van der Waals surface area contributed by atoms with Gasteiger partial charge in [-0.25, -0.2) is 4.68 Å². The number of rotatable bonds is 16. The molecule has 0 amide bonds. The van der Waals surface area contributed by atoms with E-state index in [2.05, 4.69) is 37.7 Å². The average molecular weight is 1160 g/mol. The number of aliphatic hydroxyl groups excluding tert-OH is 4. The number of aryl methyl sites for hydroxylation is 2. The Morgan fingerprint density at radius 1 is 0.892 bits per heavy atom. The first-order chi connectivity index (χ1) is 34.8. The van der Waals surface area contributed by atoms with Crippen molar-refractivity contribution in [3.05, 3.63) is 53.6 Å². The van der Waals surface area contributed by atoms with E-state index in [0.717, 1.165) is 37.2 Å². The molecule has 18 atom stereocenters. The SMILES string of the molecule is CO[C@]1(C)C[C@H](O[C@H]2[C@H](C)[C@@H](O[C@@H]3O[C@H](C)C[C@H](N(C)CCc4cn(CCCCc5ccc(-n6cc(CO)nn6)cc5)nn4)[C@H]3O)[C@](C)(O)C[C@@H](C)CN(C)[C@H](C)[C@@H](O)[C@](C)(O)[C@@H](I)OC(=O)[C@@H]2C)O[C@@H](C)[C@@H]1O. The highest BCUT2D eigenvalue weighted by atomic mass is 127. The van der Waals surface area contributed by atoms with Gasteiger partial charge < -0.3 is 68.9 Å². The van der Waals surface area contributed by atoms with Gasteiger partial charge >= 0.3 is 5.97 Å². The molecule has 1 aromatic carbocycles. The van der Waals surface area contributed by atoms with Gasteiger partial charge in [-0.3, -0.25) is 9.48 Å². The molecule has 3 saturated heterocycles. The second kappa shape index (κ2) is 25.8. The number of nitrogens with zero attached hydrogens (tertiary/aromatic N) is 8. The van der Waals surface area contributed by atoms with Gasteiger partial charge in [0.05, 0.1) is 65.7 Å². The Labute approximate surface area is 450 Å². The molecule has 74 heavy (non-hydrogen) atoms. The summed E-state index contributed by atoms with van der Waals surface area (Å²) in [4.78, 5) is 18.3. The number of aliphatic hydroxyl groups is 6. The summed E-state index contributed by atoms with van der Waals surface area (Å²) in [6.07, 6.45) is -1.10. The number of cyclic esters (lactones) is 1.